The minimum Gasteiger partial charge on any atom is -0.361 e. The van der Waals surface area contributed by atoms with Gasteiger partial charge in [0.1, 0.15) is 11.6 Å². The molecule has 0 aliphatic heterocycles. The quantitative estimate of drug-likeness (QED) is 0.900. The normalized spacial score (nSPS) is 10.9. The van der Waals surface area contributed by atoms with Crippen molar-refractivity contribution in [2.24, 2.45) is 0 Å². The zero-order valence-electron chi connectivity index (χ0n) is 9.81. The number of alkyl halides is 2. The van der Waals surface area contributed by atoms with E-state index < -0.39 is 12.2 Å². The van der Waals surface area contributed by atoms with Gasteiger partial charge in [0.25, 0.3) is 0 Å². The second-order valence-electron chi connectivity index (χ2n) is 3.64. The van der Waals surface area contributed by atoms with Gasteiger partial charge in [-0.1, -0.05) is 5.16 Å². The first-order chi connectivity index (χ1) is 8.54. The maximum absolute atomic E-state index is 12.2. The van der Waals surface area contributed by atoms with E-state index in [9.17, 15) is 8.78 Å². The van der Waals surface area contributed by atoms with Crippen molar-refractivity contribution >= 4 is 5.82 Å². The Morgan fingerprint density at radius 2 is 2.06 bits per heavy atom. The van der Waals surface area contributed by atoms with Gasteiger partial charge in [-0.15, -0.1) is 0 Å². The molecule has 0 radical (unpaired) electrons. The fourth-order valence-electron chi connectivity index (χ4n) is 1.40. The molecular weight excluding hydrogens is 244 g/mol. The highest BCUT2D eigenvalue weighted by atomic mass is 19.3. The topological polar surface area (TPSA) is 76.7 Å². The summed E-state index contributed by atoms with van der Waals surface area (Å²) in [5, 5.41) is 6.06. The van der Waals surface area contributed by atoms with E-state index in [0.717, 1.165) is 5.69 Å². The summed E-state index contributed by atoms with van der Waals surface area (Å²) in [7, 11) is 0. The minimum absolute atomic E-state index is 0.0826. The van der Waals surface area contributed by atoms with E-state index in [4.69, 9.17) is 0 Å². The predicted molar refractivity (Wildman–Crippen MR) is 58.1 cm³/mol. The zero-order valence-corrected chi connectivity index (χ0v) is 9.81. The van der Waals surface area contributed by atoms with E-state index in [1.807, 2.05) is 6.92 Å². The molecule has 96 valence electrons. The molecule has 6 nitrogen and oxygen atoms in total. The molecule has 0 bridgehead atoms. The molecule has 0 aliphatic rings. The lowest BCUT2D eigenvalue weighted by atomic mass is 10.4. The molecule has 2 rings (SSSR count). The lowest BCUT2D eigenvalue weighted by molar-refractivity contribution is 0.136. The summed E-state index contributed by atoms with van der Waals surface area (Å²) in [6.07, 6.45) is -2.73. The molecule has 0 atom stereocenters. The molecule has 0 saturated carbocycles. The van der Waals surface area contributed by atoms with Gasteiger partial charge in [0.05, 0.1) is 6.54 Å². The van der Waals surface area contributed by atoms with E-state index in [2.05, 4.69) is 29.9 Å². The van der Waals surface area contributed by atoms with Crippen LogP contribution in [0.3, 0.4) is 0 Å². The van der Waals surface area contributed by atoms with Gasteiger partial charge in [0, 0.05) is 11.8 Å². The number of aryl methyl sites for hydroxylation is 2. The van der Waals surface area contributed by atoms with Gasteiger partial charge in [-0.3, -0.25) is 0 Å². The molecule has 0 spiro atoms. The number of rotatable bonds is 4. The van der Waals surface area contributed by atoms with Crippen molar-refractivity contribution in [1.29, 1.82) is 0 Å². The first-order valence-electron chi connectivity index (χ1n) is 5.21. The van der Waals surface area contributed by atoms with Gasteiger partial charge < -0.3 is 9.84 Å². The summed E-state index contributed by atoms with van der Waals surface area (Å²) >= 11 is 0. The fourth-order valence-corrected chi connectivity index (χ4v) is 1.40. The van der Waals surface area contributed by atoms with Crippen molar-refractivity contribution in [3.63, 3.8) is 0 Å². The highest BCUT2D eigenvalue weighted by Crippen LogP contribution is 2.15. The summed E-state index contributed by atoms with van der Waals surface area (Å²) in [6, 6.07) is 1.73. The van der Waals surface area contributed by atoms with Crippen molar-refractivity contribution in [2.75, 3.05) is 5.32 Å². The standard InChI is InChI=1S/C10H11F2N5O/c1-5-3-7(15-6(2)14-5)13-4-8-16-10(9(11)12)17-18-8/h3,9H,4H2,1-2H3,(H,13,14,15). The number of nitrogens with one attached hydrogen (secondary N) is 1. The van der Waals surface area contributed by atoms with Crippen LogP contribution in [0.2, 0.25) is 0 Å². The number of hydrogen-bond donors (Lipinski definition) is 1. The van der Waals surface area contributed by atoms with Crippen molar-refractivity contribution in [1.82, 2.24) is 20.1 Å². The number of aromatic nitrogens is 4. The van der Waals surface area contributed by atoms with Crippen molar-refractivity contribution in [3.05, 3.63) is 29.3 Å². The summed E-state index contributed by atoms with van der Waals surface area (Å²) in [5.41, 5.74) is 0.809. The van der Waals surface area contributed by atoms with E-state index in [1.54, 1.807) is 13.0 Å². The molecular formula is C10H11F2N5O. The van der Waals surface area contributed by atoms with E-state index in [0.29, 0.717) is 11.6 Å². The SMILES string of the molecule is Cc1cc(NCc2nc(C(F)F)no2)nc(C)n1. The van der Waals surface area contributed by atoms with Crippen LogP contribution in [0.15, 0.2) is 10.6 Å². The van der Waals surface area contributed by atoms with Crippen LogP contribution in [0, 0.1) is 13.8 Å². The van der Waals surface area contributed by atoms with E-state index in [1.165, 1.54) is 0 Å². The van der Waals surface area contributed by atoms with Crippen LogP contribution in [0.25, 0.3) is 0 Å². The zero-order chi connectivity index (χ0) is 13.1. The second-order valence-corrected chi connectivity index (χ2v) is 3.64. The molecule has 0 unspecified atom stereocenters. The van der Waals surface area contributed by atoms with Crippen LogP contribution in [-0.4, -0.2) is 20.1 Å². The highest BCUT2D eigenvalue weighted by Gasteiger charge is 2.15. The molecule has 0 saturated heterocycles. The Bertz CT molecular complexity index is 523. The third-order valence-electron chi connectivity index (χ3n) is 2.07. The predicted octanol–water partition coefficient (Wildman–Crippen LogP) is 2.03. The van der Waals surface area contributed by atoms with E-state index in [-0.39, 0.29) is 12.4 Å². The van der Waals surface area contributed by atoms with Gasteiger partial charge >= 0.3 is 6.43 Å². The number of anilines is 1. The Hall–Kier alpha value is -2.12. The molecule has 1 N–H and O–H groups in total. The molecule has 0 aliphatic carbocycles. The number of nitrogens with zero attached hydrogens (tertiary/aromatic N) is 4. The maximum Gasteiger partial charge on any atom is 0.300 e. The van der Waals surface area contributed by atoms with Crippen LogP contribution in [-0.2, 0) is 6.54 Å². The first-order valence-corrected chi connectivity index (χ1v) is 5.21. The van der Waals surface area contributed by atoms with Gasteiger partial charge in [-0.25, -0.2) is 18.7 Å². The molecule has 18 heavy (non-hydrogen) atoms. The Kier molecular flexibility index (Phi) is 3.45. The monoisotopic (exact) mass is 255 g/mol. The van der Waals surface area contributed by atoms with Crippen LogP contribution in [0.1, 0.15) is 29.7 Å². The highest BCUT2D eigenvalue weighted by molar-refractivity contribution is 5.35. The molecule has 0 fully saturated rings. The number of halogens is 2. The fraction of sp³-hybridized carbons (Fsp3) is 0.400. The molecule has 0 amide bonds. The molecule has 2 aromatic rings. The largest absolute Gasteiger partial charge is 0.361 e. The van der Waals surface area contributed by atoms with Crippen LogP contribution in [0.5, 0.6) is 0 Å². The lowest BCUT2D eigenvalue weighted by Gasteiger charge is -2.04. The van der Waals surface area contributed by atoms with Crippen molar-refractivity contribution < 1.29 is 13.3 Å². The van der Waals surface area contributed by atoms with E-state index >= 15 is 0 Å². The third kappa shape index (κ3) is 2.96. The van der Waals surface area contributed by atoms with Crippen LogP contribution < -0.4 is 5.32 Å². The van der Waals surface area contributed by atoms with Gasteiger partial charge in [0.2, 0.25) is 11.7 Å². The average molecular weight is 255 g/mol. The third-order valence-corrected chi connectivity index (χ3v) is 2.07. The molecule has 8 heteroatoms. The van der Waals surface area contributed by atoms with Gasteiger partial charge in [-0.05, 0) is 13.8 Å². The summed E-state index contributed by atoms with van der Waals surface area (Å²) in [4.78, 5) is 11.8. The summed E-state index contributed by atoms with van der Waals surface area (Å²) in [6.45, 7) is 3.73. The minimum atomic E-state index is -2.73. The summed E-state index contributed by atoms with van der Waals surface area (Å²) < 4.78 is 29.1. The Balaban J connectivity index is 2.02. The lowest BCUT2D eigenvalue weighted by Crippen LogP contribution is -2.04. The molecule has 2 heterocycles. The number of hydrogen-bond acceptors (Lipinski definition) is 6. The molecule has 0 aromatic carbocycles. The Morgan fingerprint density at radius 3 is 2.67 bits per heavy atom. The smallest absolute Gasteiger partial charge is 0.300 e. The average Bonchev–Trinajstić information content (AvgIpc) is 2.73. The maximum atomic E-state index is 12.2. The first kappa shape index (κ1) is 12.3. The van der Waals surface area contributed by atoms with Crippen LogP contribution >= 0.6 is 0 Å². The van der Waals surface area contributed by atoms with Crippen LogP contribution in [0.4, 0.5) is 14.6 Å². The van der Waals surface area contributed by atoms with Gasteiger partial charge in [0.15, 0.2) is 0 Å². The second kappa shape index (κ2) is 5.03. The Morgan fingerprint density at radius 1 is 1.28 bits per heavy atom. The molecule has 2 aromatic heterocycles. The van der Waals surface area contributed by atoms with Gasteiger partial charge in [-0.2, -0.15) is 4.98 Å². The van der Waals surface area contributed by atoms with Crippen molar-refractivity contribution in [3.8, 4) is 0 Å². The van der Waals surface area contributed by atoms with Crippen molar-refractivity contribution in [2.45, 2.75) is 26.8 Å². The summed E-state index contributed by atoms with van der Waals surface area (Å²) in [5.74, 6) is 0.675. The Labute approximate surface area is 101 Å².